The molecule has 1 heterocycles. The zero-order valence-electron chi connectivity index (χ0n) is 16.6. The third kappa shape index (κ3) is 4.14. The van der Waals surface area contributed by atoms with E-state index < -0.39 is 5.41 Å². The number of carbonyl (C=O) groups is 2. The molecule has 1 fully saturated rings. The van der Waals surface area contributed by atoms with Gasteiger partial charge in [-0.2, -0.15) is 5.26 Å². The van der Waals surface area contributed by atoms with Crippen LogP contribution in [0.3, 0.4) is 0 Å². The Hall–Kier alpha value is -4.05. The van der Waals surface area contributed by atoms with Gasteiger partial charge in [-0.15, -0.1) is 0 Å². The summed E-state index contributed by atoms with van der Waals surface area (Å²) < 4.78 is 13.1. The van der Waals surface area contributed by atoms with Crippen LogP contribution in [0.25, 0.3) is 0 Å². The first-order valence-electron chi connectivity index (χ1n) is 9.85. The number of rotatable bonds is 5. The van der Waals surface area contributed by atoms with Gasteiger partial charge in [0.15, 0.2) is 0 Å². The van der Waals surface area contributed by atoms with Gasteiger partial charge >= 0.3 is 0 Å². The fraction of sp³-hybridized carbons (Fsp3) is 0.167. The number of hydrogen-bond acceptors (Lipinski definition) is 4. The van der Waals surface area contributed by atoms with Gasteiger partial charge in [-0.05, 0) is 66.9 Å². The van der Waals surface area contributed by atoms with Crippen LogP contribution in [0.15, 0.2) is 66.9 Å². The molecule has 2 aromatic carbocycles. The maximum absolute atomic E-state index is 13.1. The van der Waals surface area contributed by atoms with Crippen molar-refractivity contribution in [3.8, 4) is 6.07 Å². The van der Waals surface area contributed by atoms with Gasteiger partial charge in [-0.3, -0.25) is 9.59 Å². The SMILES string of the molecule is N#Cc1cccc(C(=O)Nc2ccc(C3(C(=O)Nc4ccc(F)cc4)CCC3)cn2)c1. The minimum Gasteiger partial charge on any atom is -0.325 e. The highest BCUT2D eigenvalue weighted by Crippen LogP contribution is 2.44. The number of benzene rings is 2. The van der Waals surface area contributed by atoms with Gasteiger partial charge in [-0.25, -0.2) is 9.37 Å². The lowest BCUT2D eigenvalue weighted by Gasteiger charge is -2.40. The van der Waals surface area contributed by atoms with E-state index in [0.29, 0.717) is 35.5 Å². The maximum Gasteiger partial charge on any atom is 0.256 e. The van der Waals surface area contributed by atoms with Crippen LogP contribution in [0.1, 0.15) is 40.7 Å². The zero-order valence-corrected chi connectivity index (χ0v) is 16.6. The van der Waals surface area contributed by atoms with Crippen molar-refractivity contribution >= 4 is 23.3 Å². The predicted octanol–water partition coefficient (Wildman–Crippen LogP) is 4.41. The minimum atomic E-state index is -0.689. The molecular formula is C24H19FN4O2. The summed E-state index contributed by atoms with van der Waals surface area (Å²) in [7, 11) is 0. The van der Waals surface area contributed by atoms with Crippen molar-refractivity contribution in [3.05, 3.63) is 89.4 Å². The van der Waals surface area contributed by atoms with Crippen molar-refractivity contribution in [1.29, 1.82) is 5.26 Å². The first-order chi connectivity index (χ1) is 15.0. The summed E-state index contributed by atoms with van der Waals surface area (Å²) in [6.07, 6.45) is 3.90. The quantitative estimate of drug-likeness (QED) is 0.647. The van der Waals surface area contributed by atoms with Gasteiger partial charge < -0.3 is 10.6 Å². The van der Waals surface area contributed by atoms with Crippen molar-refractivity contribution in [2.45, 2.75) is 24.7 Å². The zero-order chi connectivity index (χ0) is 21.8. The third-order valence-electron chi connectivity index (χ3n) is 5.56. The number of halogens is 1. The molecular weight excluding hydrogens is 395 g/mol. The van der Waals surface area contributed by atoms with Crippen LogP contribution in [0, 0.1) is 17.1 Å². The monoisotopic (exact) mass is 414 g/mol. The van der Waals surface area contributed by atoms with Gasteiger partial charge in [0.2, 0.25) is 5.91 Å². The number of nitriles is 1. The van der Waals surface area contributed by atoms with E-state index in [4.69, 9.17) is 5.26 Å². The molecule has 31 heavy (non-hydrogen) atoms. The van der Waals surface area contributed by atoms with Crippen LogP contribution in [-0.2, 0) is 10.2 Å². The average Bonchev–Trinajstić information content (AvgIpc) is 2.76. The molecule has 0 bridgehead atoms. The van der Waals surface area contributed by atoms with Crippen molar-refractivity contribution < 1.29 is 14.0 Å². The lowest BCUT2D eigenvalue weighted by molar-refractivity contribution is -0.124. The van der Waals surface area contributed by atoms with E-state index in [1.807, 2.05) is 6.07 Å². The molecule has 2 N–H and O–H groups in total. The highest BCUT2D eigenvalue weighted by molar-refractivity contribution is 6.04. The molecule has 0 unspecified atom stereocenters. The second-order valence-corrected chi connectivity index (χ2v) is 7.48. The number of nitrogens with one attached hydrogen (secondary N) is 2. The Morgan fingerprint density at radius 2 is 1.81 bits per heavy atom. The molecule has 1 aliphatic rings. The molecule has 0 aliphatic heterocycles. The van der Waals surface area contributed by atoms with Gasteiger partial charge in [0.25, 0.3) is 5.91 Å². The van der Waals surface area contributed by atoms with Crippen molar-refractivity contribution in [2.75, 3.05) is 10.6 Å². The highest BCUT2D eigenvalue weighted by atomic mass is 19.1. The second kappa shape index (κ2) is 8.36. The Balaban J connectivity index is 1.48. The largest absolute Gasteiger partial charge is 0.325 e. The van der Waals surface area contributed by atoms with Crippen LogP contribution in [-0.4, -0.2) is 16.8 Å². The van der Waals surface area contributed by atoms with E-state index in [-0.39, 0.29) is 17.6 Å². The lowest BCUT2D eigenvalue weighted by atomic mass is 9.64. The van der Waals surface area contributed by atoms with Crippen LogP contribution in [0.5, 0.6) is 0 Å². The van der Waals surface area contributed by atoms with Gasteiger partial charge in [0, 0.05) is 17.4 Å². The third-order valence-corrected chi connectivity index (χ3v) is 5.56. The first kappa shape index (κ1) is 20.2. The number of pyridine rings is 1. The number of anilines is 2. The van der Waals surface area contributed by atoms with E-state index in [1.165, 1.54) is 30.3 Å². The summed E-state index contributed by atoms with van der Waals surface area (Å²) >= 11 is 0. The van der Waals surface area contributed by atoms with Crippen molar-refractivity contribution in [1.82, 2.24) is 4.98 Å². The second-order valence-electron chi connectivity index (χ2n) is 7.48. The van der Waals surface area contributed by atoms with Crippen molar-refractivity contribution in [2.24, 2.45) is 0 Å². The van der Waals surface area contributed by atoms with Crippen LogP contribution in [0.2, 0.25) is 0 Å². The normalized spacial score (nSPS) is 14.1. The molecule has 6 nitrogen and oxygen atoms in total. The standard InChI is InChI=1S/C24H19FN4O2/c25-19-6-8-20(9-7-19)28-23(31)24(11-2-12-24)18-5-10-21(27-15-18)29-22(30)17-4-1-3-16(13-17)14-26/h1,3-10,13,15H,2,11-12H2,(H,28,31)(H,27,29,30). The molecule has 0 spiro atoms. The fourth-order valence-electron chi connectivity index (χ4n) is 3.63. The molecule has 0 saturated heterocycles. The number of amides is 2. The number of nitrogens with zero attached hydrogens (tertiary/aromatic N) is 2. The molecule has 1 aromatic heterocycles. The van der Waals surface area contributed by atoms with E-state index in [9.17, 15) is 14.0 Å². The average molecular weight is 414 g/mol. The Bertz CT molecular complexity index is 1160. The van der Waals surface area contributed by atoms with Gasteiger partial charge in [0.05, 0.1) is 17.0 Å². The first-order valence-corrected chi connectivity index (χ1v) is 9.85. The molecule has 2 amide bonds. The molecule has 1 aliphatic carbocycles. The summed E-state index contributed by atoms with van der Waals surface area (Å²) in [6.45, 7) is 0. The molecule has 154 valence electrons. The molecule has 7 heteroatoms. The Kier molecular flexibility index (Phi) is 5.46. The lowest BCUT2D eigenvalue weighted by Crippen LogP contribution is -2.46. The van der Waals surface area contributed by atoms with Crippen LogP contribution >= 0.6 is 0 Å². The summed E-state index contributed by atoms with van der Waals surface area (Å²) in [6, 6.07) is 17.5. The van der Waals surface area contributed by atoms with E-state index in [1.54, 1.807) is 36.5 Å². The number of aromatic nitrogens is 1. The molecule has 0 radical (unpaired) electrons. The smallest absolute Gasteiger partial charge is 0.256 e. The summed E-state index contributed by atoms with van der Waals surface area (Å²) in [4.78, 5) is 29.7. The Morgan fingerprint density at radius 3 is 2.42 bits per heavy atom. The van der Waals surface area contributed by atoms with E-state index >= 15 is 0 Å². The predicted molar refractivity (Wildman–Crippen MR) is 114 cm³/mol. The Morgan fingerprint density at radius 1 is 1.03 bits per heavy atom. The highest BCUT2D eigenvalue weighted by Gasteiger charge is 2.45. The minimum absolute atomic E-state index is 0.155. The van der Waals surface area contributed by atoms with E-state index in [2.05, 4.69) is 15.6 Å². The number of carbonyl (C=O) groups excluding carboxylic acids is 2. The van der Waals surface area contributed by atoms with Crippen molar-refractivity contribution in [3.63, 3.8) is 0 Å². The summed E-state index contributed by atoms with van der Waals surface area (Å²) in [5, 5.41) is 14.5. The van der Waals surface area contributed by atoms with Crippen LogP contribution < -0.4 is 10.6 Å². The van der Waals surface area contributed by atoms with Gasteiger partial charge in [0.1, 0.15) is 11.6 Å². The molecule has 3 aromatic rings. The fourth-order valence-corrected chi connectivity index (χ4v) is 3.63. The molecule has 1 saturated carbocycles. The maximum atomic E-state index is 13.1. The molecule has 4 rings (SSSR count). The topological polar surface area (TPSA) is 94.9 Å². The summed E-state index contributed by atoms with van der Waals surface area (Å²) in [5.74, 6) is -0.538. The van der Waals surface area contributed by atoms with E-state index in [0.717, 1.165) is 12.0 Å². The summed E-state index contributed by atoms with van der Waals surface area (Å²) in [5.41, 5.74) is 1.37. The Labute approximate surface area is 178 Å². The van der Waals surface area contributed by atoms with Crippen LogP contribution in [0.4, 0.5) is 15.9 Å². The number of hydrogen-bond donors (Lipinski definition) is 2. The van der Waals surface area contributed by atoms with Gasteiger partial charge in [-0.1, -0.05) is 18.6 Å². The molecule has 0 atom stereocenters.